The van der Waals surface area contributed by atoms with Crippen molar-refractivity contribution >= 4 is 11.6 Å². The molecule has 0 aromatic heterocycles. The van der Waals surface area contributed by atoms with Crippen molar-refractivity contribution in [1.82, 2.24) is 0 Å². The molecule has 0 heterocycles. The lowest BCUT2D eigenvalue weighted by atomic mass is 10.1. The molecule has 0 aliphatic heterocycles. The van der Waals surface area contributed by atoms with E-state index >= 15 is 0 Å². The molecule has 0 amide bonds. The van der Waals surface area contributed by atoms with Crippen molar-refractivity contribution in [2.45, 2.75) is 26.3 Å². The van der Waals surface area contributed by atoms with Crippen molar-refractivity contribution in [2.24, 2.45) is 5.73 Å². The SMILES string of the molecule is CC[C@H](N)c1ccc(Oc2ccc(Cl)c(C)c2)cc1. The number of hydrogen-bond acceptors (Lipinski definition) is 2. The average Bonchev–Trinajstić information content (AvgIpc) is 2.43. The fraction of sp³-hybridized carbons (Fsp3) is 0.250. The van der Waals surface area contributed by atoms with E-state index in [0.717, 1.165) is 34.1 Å². The second-order valence-electron chi connectivity index (χ2n) is 4.60. The lowest BCUT2D eigenvalue weighted by Gasteiger charge is -2.11. The van der Waals surface area contributed by atoms with Gasteiger partial charge in [0.1, 0.15) is 11.5 Å². The first-order valence-corrected chi connectivity index (χ1v) is 6.77. The molecule has 0 bridgehead atoms. The lowest BCUT2D eigenvalue weighted by molar-refractivity contribution is 0.482. The molecule has 0 saturated carbocycles. The first-order chi connectivity index (χ1) is 9.10. The van der Waals surface area contributed by atoms with Crippen molar-refractivity contribution in [3.8, 4) is 11.5 Å². The molecule has 0 spiro atoms. The molecule has 0 radical (unpaired) electrons. The van der Waals surface area contributed by atoms with E-state index in [1.807, 2.05) is 49.4 Å². The molecule has 2 aromatic carbocycles. The lowest BCUT2D eigenvalue weighted by Crippen LogP contribution is -2.07. The summed E-state index contributed by atoms with van der Waals surface area (Å²) < 4.78 is 5.78. The molecule has 2 rings (SSSR count). The van der Waals surface area contributed by atoms with Crippen LogP contribution in [0.5, 0.6) is 11.5 Å². The van der Waals surface area contributed by atoms with Gasteiger partial charge in [-0.3, -0.25) is 0 Å². The Kier molecular flexibility index (Phi) is 4.46. The molecule has 0 fully saturated rings. The van der Waals surface area contributed by atoms with E-state index in [1.54, 1.807) is 0 Å². The molecular weight excluding hydrogens is 258 g/mol. The van der Waals surface area contributed by atoms with Gasteiger partial charge in [-0.25, -0.2) is 0 Å². The van der Waals surface area contributed by atoms with E-state index in [2.05, 4.69) is 6.92 Å². The summed E-state index contributed by atoms with van der Waals surface area (Å²) in [5.41, 5.74) is 8.11. The summed E-state index contributed by atoms with van der Waals surface area (Å²) in [7, 11) is 0. The maximum atomic E-state index is 5.99. The number of halogens is 1. The van der Waals surface area contributed by atoms with Crippen LogP contribution in [-0.2, 0) is 0 Å². The van der Waals surface area contributed by atoms with Crippen LogP contribution in [0, 0.1) is 6.92 Å². The Labute approximate surface area is 119 Å². The molecule has 2 nitrogen and oxygen atoms in total. The van der Waals surface area contributed by atoms with Crippen LogP contribution in [0.25, 0.3) is 0 Å². The monoisotopic (exact) mass is 275 g/mol. The minimum atomic E-state index is 0.0897. The first-order valence-electron chi connectivity index (χ1n) is 6.39. The zero-order chi connectivity index (χ0) is 13.8. The second-order valence-corrected chi connectivity index (χ2v) is 5.00. The highest BCUT2D eigenvalue weighted by Crippen LogP contribution is 2.26. The maximum Gasteiger partial charge on any atom is 0.127 e. The van der Waals surface area contributed by atoms with Gasteiger partial charge in [-0.05, 0) is 54.8 Å². The van der Waals surface area contributed by atoms with Crippen LogP contribution in [0.3, 0.4) is 0 Å². The smallest absolute Gasteiger partial charge is 0.127 e. The molecular formula is C16H18ClNO. The van der Waals surface area contributed by atoms with E-state index in [4.69, 9.17) is 22.1 Å². The van der Waals surface area contributed by atoms with Gasteiger partial charge < -0.3 is 10.5 Å². The van der Waals surface area contributed by atoms with E-state index in [9.17, 15) is 0 Å². The predicted octanol–water partition coefficient (Wildman–Crippen LogP) is 4.85. The fourth-order valence-corrected chi connectivity index (χ4v) is 1.95. The Morgan fingerprint density at radius 1 is 1.11 bits per heavy atom. The van der Waals surface area contributed by atoms with Crippen LogP contribution in [0.15, 0.2) is 42.5 Å². The first kappa shape index (κ1) is 13.9. The number of benzene rings is 2. The fourth-order valence-electron chi connectivity index (χ4n) is 1.84. The molecule has 0 aliphatic rings. The summed E-state index contributed by atoms with van der Waals surface area (Å²) in [5, 5.41) is 0.747. The standard InChI is InChI=1S/C16H18ClNO/c1-3-16(18)12-4-6-13(7-5-12)19-14-8-9-15(17)11(2)10-14/h4-10,16H,3,18H2,1-2H3/t16-/m0/s1. The minimum Gasteiger partial charge on any atom is -0.457 e. The molecule has 0 saturated heterocycles. The largest absolute Gasteiger partial charge is 0.457 e. The highest BCUT2D eigenvalue weighted by molar-refractivity contribution is 6.31. The van der Waals surface area contributed by atoms with Gasteiger partial charge >= 0.3 is 0 Å². The van der Waals surface area contributed by atoms with Crippen LogP contribution in [0.1, 0.15) is 30.5 Å². The number of aryl methyl sites for hydroxylation is 1. The zero-order valence-corrected chi connectivity index (χ0v) is 11.9. The molecule has 1 atom stereocenters. The van der Waals surface area contributed by atoms with Gasteiger partial charge in [0, 0.05) is 11.1 Å². The summed E-state index contributed by atoms with van der Waals surface area (Å²) in [6, 6.07) is 13.6. The third-order valence-electron chi connectivity index (χ3n) is 3.11. The van der Waals surface area contributed by atoms with Crippen LogP contribution in [-0.4, -0.2) is 0 Å². The van der Waals surface area contributed by atoms with E-state index in [-0.39, 0.29) is 6.04 Å². The Morgan fingerprint density at radius 2 is 1.74 bits per heavy atom. The second kappa shape index (κ2) is 6.09. The summed E-state index contributed by atoms with van der Waals surface area (Å²) in [6.07, 6.45) is 0.927. The van der Waals surface area contributed by atoms with Crippen LogP contribution >= 0.6 is 11.6 Å². The van der Waals surface area contributed by atoms with Crippen molar-refractivity contribution < 1.29 is 4.74 Å². The third-order valence-corrected chi connectivity index (χ3v) is 3.54. The summed E-state index contributed by atoms with van der Waals surface area (Å²) in [5.74, 6) is 1.59. The molecule has 2 aromatic rings. The summed E-state index contributed by atoms with van der Waals surface area (Å²) in [4.78, 5) is 0. The van der Waals surface area contributed by atoms with Crippen LogP contribution in [0.4, 0.5) is 0 Å². The highest BCUT2D eigenvalue weighted by atomic mass is 35.5. The van der Waals surface area contributed by atoms with E-state index in [0.29, 0.717) is 0 Å². The van der Waals surface area contributed by atoms with Crippen molar-refractivity contribution in [3.05, 3.63) is 58.6 Å². The van der Waals surface area contributed by atoms with E-state index in [1.165, 1.54) is 0 Å². The Hall–Kier alpha value is -1.51. The summed E-state index contributed by atoms with van der Waals surface area (Å²) in [6.45, 7) is 4.03. The maximum absolute atomic E-state index is 5.99. The number of hydrogen-bond donors (Lipinski definition) is 1. The van der Waals surface area contributed by atoms with Crippen LogP contribution in [0.2, 0.25) is 5.02 Å². The Bertz CT molecular complexity index is 551. The minimum absolute atomic E-state index is 0.0897. The average molecular weight is 276 g/mol. The van der Waals surface area contributed by atoms with Crippen molar-refractivity contribution in [3.63, 3.8) is 0 Å². The molecule has 100 valence electrons. The molecule has 0 aliphatic carbocycles. The normalized spacial score (nSPS) is 12.2. The van der Waals surface area contributed by atoms with Gasteiger partial charge in [-0.2, -0.15) is 0 Å². The van der Waals surface area contributed by atoms with Gasteiger partial charge in [-0.15, -0.1) is 0 Å². The van der Waals surface area contributed by atoms with Gasteiger partial charge in [0.2, 0.25) is 0 Å². The molecule has 3 heteroatoms. The van der Waals surface area contributed by atoms with Crippen molar-refractivity contribution in [1.29, 1.82) is 0 Å². The number of nitrogens with two attached hydrogens (primary N) is 1. The zero-order valence-electron chi connectivity index (χ0n) is 11.2. The quantitative estimate of drug-likeness (QED) is 0.866. The van der Waals surface area contributed by atoms with E-state index < -0.39 is 0 Å². The summed E-state index contributed by atoms with van der Waals surface area (Å²) >= 11 is 5.99. The molecule has 19 heavy (non-hydrogen) atoms. The van der Waals surface area contributed by atoms with Gasteiger partial charge in [0.15, 0.2) is 0 Å². The van der Waals surface area contributed by atoms with Crippen molar-refractivity contribution in [2.75, 3.05) is 0 Å². The molecule has 0 unspecified atom stereocenters. The van der Waals surface area contributed by atoms with Gasteiger partial charge in [-0.1, -0.05) is 30.7 Å². The Morgan fingerprint density at radius 3 is 2.32 bits per heavy atom. The van der Waals surface area contributed by atoms with Crippen LogP contribution < -0.4 is 10.5 Å². The molecule has 2 N–H and O–H groups in total. The van der Waals surface area contributed by atoms with Gasteiger partial charge in [0.25, 0.3) is 0 Å². The third kappa shape index (κ3) is 3.49. The van der Waals surface area contributed by atoms with Gasteiger partial charge in [0.05, 0.1) is 0 Å². The number of ether oxygens (including phenoxy) is 1. The predicted molar refractivity (Wildman–Crippen MR) is 79.9 cm³/mol. The highest BCUT2D eigenvalue weighted by Gasteiger charge is 2.04. The Balaban J connectivity index is 2.12. The number of rotatable bonds is 4. The topological polar surface area (TPSA) is 35.2 Å².